The van der Waals surface area contributed by atoms with E-state index in [0.717, 1.165) is 9.87 Å². The molecule has 0 spiro atoms. The van der Waals surface area contributed by atoms with Crippen molar-refractivity contribution in [1.82, 2.24) is 4.31 Å². The van der Waals surface area contributed by atoms with Crippen molar-refractivity contribution < 1.29 is 32.3 Å². The number of hydrogen-bond donors (Lipinski definition) is 0. The van der Waals surface area contributed by atoms with Crippen LogP contribution in [0.25, 0.3) is 0 Å². The summed E-state index contributed by atoms with van der Waals surface area (Å²) in [5.41, 5.74) is 1.52. The summed E-state index contributed by atoms with van der Waals surface area (Å²) >= 11 is 0. The average Bonchev–Trinajstić information content (AvgIpc) is 3.18. The predicted molar refractivity (Wildman–Crippen MR) is 116 cm³/mol. The van der Waals surface area contributed by atoms with Gasteiger partial charge in [-0.2, -0.15) is 4.31 Å². The molecule has 1 saturated carbocycles. The Balaban J connectivity index is 2.10. The Morgan fingerprint density at radius 1 is 0.906 bits per heavy atom. The van der Waals surface area contributed by atoms with Gasteiger partial charge in [0, 0.05) is 13.0 Å². The van der Waals surface area contributed by atoms with Crippen molar-refractivity contribution in [2.75, 3.05) is 27.3 Å². The highest BCUT2D eigenvalue weighted by atomic mass is 32.2. The van der Waals surface area contributed by atoms with Gasteiger partial charge < -0.3 is 9.47 Å². The van der Waals surface area contributed by atoms with E-state index in [2.05, 4.69) is 0 Å². The molecule has 0 unspecified atom stereocenters. The minimum atomic E-state index is -3.93. The van der Waals surface area contributed by atoms with Gasteiger partial charge in [0.25, 0.3) is 0 Å². The molecule has 1 heterocycles. The molecule has 2 aliphatic rings. The molecule has 0 bridgehead atoms. The lowest BCUT2D eigenvalue weighted by atomic mass is 9.85. The molecule has 1 aliphatic heterocycles. The van der Waals surface area contributed by atoms with Gasteiger partial charge in [-0.05, 0) is 56.0 Å². The van der Waals surface area contributed by atoms with E-state index in [0.29, 0.717) is 22.3 Å². The molecule has 1 aromatic carbocycles. The Bertz CT molecular complexity index is 1130. The number of Topliss-reactive ketones (excluding diaryl/α,β-unsaturated/α-hetero) is 1. The second-order valence-electron chi connectivity index (χ2n) is 8.29. The van der Waals surface area contributed by atoms with Crippen molar-refractivity contribution >= 4 is 27.7 Å². The first kappa shape index (κ1) is 23.9. The van der Waals surface area contributed by atoms with Crippen LogP contribution in [0, 0.1) is 12.3 Å². The molecule has 8 nitrogen and oxygen atoms in total. The fraction of sp³-hybridized carbons (Fsp3) is 0.435. The van der Waals surface area contributed by atoms with Crippen molar-refractivity contribution in [1.29, 1.82) is 0 Å². The lowest BCUT2D eigenvalue weighted by Gasteiger charge is -2.26. The summed E-state index contributed by atoms with van der Waals surface area (Å²) in [5, 5.41) is 0. The SMILES string of the molecule is COC(=O)C1(C(=O)OC)CC2=C(C)CN(S(=O)(=O)c3ccc(C)cc3)CC(=O)C(C)=C2C1. The zero-order valence-corrected chi connectivity index (χ0v) is 19.7. The third-order valence-electron chi connectivity index (χ3n) is 6.25. The zero-order chi connectivity index (χ0) is 23.8. The van der Waals surface area contributed by atoms with Gasteiger partial charge in [0.2, 0.25) is 10.0 Å². The third kappa shape index (κ3) is 3.91. The van der Waals surface area contributed by atoms with Gasteiger partial charge in [0.15, 0.2) is 11.2 Å². The smallest absolute Gasteiger partial charge is 0.323 e. The van der Waals surface area contributed by atoms with E-state index in [1.165, 1.54) is 26.4 Å². The van der Waals surface area contributed by atoms with Crippen LogP contribution in [0.2, 0.25) is 0 Å². The quantitative estimate of drug-likeness (QED) is 0.500. The largest absolute Gasteiger partial charge is 0.468 e. The fourth-order valence-electron chi connectivity index (χ4n) is 4.30. The molecule has 0 atom stereocenters. The number of carbonyl (C=O) groups is 3. The van der Waals surface area contributed by atoms with Crippen LogP contribution >= 0.6 is 0 Å². The lowest BCUT2D eigenvalue weighted by molar-refractivity contribution is -0.168. The van der Waals surface area contributed by atoms with Crippen molar-refractivity contribution in [2.24, 2.45) is 5.41 Å². The van der Waals surface area contributed by atoms with Gasteiger partial charge in [-0.25, -0.2) is 8.42 Å². The van der Waals surface area contributed by atoms with Gasteiger partial charge in [0.1, 0.15) is 0 Å². The van der Waals surface area contributed by atoms with Crippen molar-refractivity contribution in [2.45, 2.75) is 38.5 Å². The first-order valence-corrected chi connectivity index (χ1v) is 11.6. The Kier molecular flexibility index (Phi) is 6.44. The fourth-order valence-corrected chi connectivity index (χ4v) is 5.73. The van der Waals surface area contributed by atoms with Crippen LogP contribution in [0.1, 0.15) is 32.3 Å². The van der Waals surface area contributed by atoms with Crippen LogP contribution in [0.15, 0.2) is 51.5 Å². The lowest BCUT2D eigenvalue weighted by Crippen LogP contribution is -2.39. The zero-order valence-electron chi connectivity index (χ0n) is 18.9. The van der Waals surface area contributed by atoms with Gasteiger partial charge >= 0.3 is 11.9 Å². The maximum absolute atomic E-state index is 13.3. The van der Waals surface area contributed by atoms with Gasteiger partial charge in [-0.15, -0.1) is 0 Å². The highest BCUT2D eigenvalue weighted by Gasteiger charge is 2.55. The minimum absolute atomic E-state index is 0.0173. The van der Waals surface area contributed by atoms with Crippen LogP contribution in [0.4, 0.5) is 0 Å². The van der Waals surface area contributed by atoms with E-state index in [1.807, 2.05) is 6.92 Å². The first-order chi connectivity index (χ1) is 15.0. The number of rotatable bonds is 4. The summed E-state index contributed by atoms with van der Waals surface area (Å²) in [6.45, 7) is 4.83. The number of esters is 2. The summed E-state index contributed by atoms with van der Waals surface area (Å²) in [4.78, 5) is 38.4. The second-order valence-corrected chi connectivity index (χ2v) is 10.2. The topological polar surface area (TPSA) is 107 Å². The molecule has 0 amide bonds. The molecule has 3 rings (SSSR count). The van der Waals surface area contributed by atoms with Gasteiger partial charge in [-0.1, -0.05) is 23.3 Å². The van der Waals surface area contributed by atoms with Crippen LogP contribution in [0.3, 0.4) is 0 Å². The molecular formula is C23H27NO7S. The third-order valence-corrected chi connectivity index (χ3v) is 8.06. The van der Waals surface area contributed by atoms with Crippen molar-refractivity contribution in [3.05, 3.63) is 52.1 Å². The molecule has 172 valence electrons. The first-order valence-electron chi connectivity index (χ1n) is 10.1. The number of nitrogens with zero attached hydrogens (tertiary/aromatic N) is 1. The maximum atomic E-state index is 13.3. The van der Waals surface area contributed by atoms with E-state index in [-0.39, 0.29) is 36.6 Å². The number of ketones is 1. The van der Waals surface area contributed by atoms with Crippen molar-refractivity contribution in [3.8, 4) is 0 Å². The van der Waals surface area contributed by atoms with E-state index in [1.54, 1.807) is 26.0 Å². The Morgan fingerprint density at radius 2 is 1.44 bits per heavy atom. The van der Waals surface area contributed by atoms with Crippen LogP contribution < -0.4 is 0 Å². The van der Waals surface area contributed by atoms with Crippen LogP contribution in [-0.4, -0.2) is 57.8 Å². The Labute approximate surface area is 187 Å². The molecule has 1 fully saturated rings. The molecule has 0 N–H and O–H groups in total. The predicted octanol–water partition coefficient (Wildman–Crippen LogP) is 2.33. The number of ether oxygens (including phenoxy) is 2. The van der Waals surface area contributed by atoms with E-state index in [9.17, 15) is 22.8 Å². The van der Waals surface area contributed by atoms with Gasteiger partial charge in [0.05, 0.1) is 25.7 Å². The van der Waals surface area contributed by atoms with Crippen LogP contribution in [0.5, 0.6) is 0 Å². The summed E-state index contributed by atoms with van der Waals surface area (Å²) in [6.07, 6.45) is -0.0438. The summed E-state index contributed by atoms with van der Waals surface area (Å²) in [7, 11) is -1.55. The molecular weight excluding hydrogens is 434 g/mol. The number of methoxy groups -OCH3 is 2. The van der Waals surface area contributed by atoms with E-state index < -0.39 is 27.4 Å². The van der Waals surface area contributed by atoms with Gasteiger partial charge in [-0.3, -0.25) is 14.4 Å². The normalized spacial score (nSPS) is 19.3. The van der Waals surface area contributed by atoms with E-state index in [4.69, 9.17) is 9.47 Å². The molecule has 1 aromatic rings. The van der Waals surface area contributed by atoms with E-state index >= 15 is 0 Å². The highest BCUT2D eigenvalue weighted by Crippen LogP contribution is 2.49. The minimum Gasteiger partial charge on any atom is -0.468 e. The summed E-state index contributed by atoms with van der Waals surface area (Å²) in [6, 6.07) is 6.43. The molecule has 32 heavy (non-hydrogen) atoms. The summed E-state index contributed by atoms with van der Waals surface area (Å²) < 4.78 is 37.5. The van der Waals surface area contributed by atoms with Crippen molar-refractivity contribution in [3.63, 3.8) is 0 Å². The molecule has 0 aromatic heterocycles. The number of aryl methyl sites for hydroxylation is 1. The number of allylic oxidation sites excluding steroid dienone is 2. The number of benzene rings is 1. The standard InChI is InChI=1S/C23H27NO7S/c1-14-6-8-17(9-7-14)32(28,29)24-12-15(2)18-10-23(21(26)30-4,22(27)31-5)11-19(18)16(3)20(25)13-24/h6-9H,10-13H2,1-5H3. The molecule has 1 aliphatic carbocycles. The van der Waals surface area contributed by atoms with Crippen LogP contribution in [-0.2, 0) is 33.9 Å². The maximum Gasteiger partial charge on any atom is 0.323 e. The second kappa shape index (κ2) is 8.63. The molecule has 0 radical (unpaired) electrons. The summed E-state index contributed by atoms with van der Waals surface area (Å²) in [5.74, 6) is -1.87. The molecule has 0 saturated heterocycles. The number of carbonyl (C=O) groups excluding carboxylic acids is 3. The number of sulfonamides is 1. The average molecular weight is 462 g/mol. The monoisotopic (exact) mass is 461 g/mol. The Hall–Kier alpha value is -2.78. The number of fused-ring (bicyclic) bond motifs is 1. The Morgan fingerprint density at radius 3 is 1.97 bits per heavy atom. The number of hydrogen-bond acceptors (Lipinski definition) is 7. The molecule has 9 heteroatoms. The highest BCUT2D eigenvalue weighted by molar-refractivity contribution is 7.89.